The predicted octanol–water partition coefficient (Wildman–Crippen LogP) is 22.2. The number of rotatable bonds is 1. The zero-order valence-corrected chi connectivity index (χ0v) is 48.3. The first kappa shape index (κ1) is 58.8. The lowest BCUT2D eigenvalue weighted by Gasteiger charge is -2.21. The molecule has 0 radical (unpaired) electrons. The van der Waals surface area contributed by atoms with Gasteiger partial charge in [-0.3, -0.25) is 0 Å². The fourth-order valence-electron chi connectivity index (χ4n) is 9.22. The topological polar surface area (TPSA) is 39.2 Å². The van der Waals surface area contributed by atoms with E-state index in [1.807, 2.05) is 42.5 Å². The molecule has 4 heterocycles. The molecule has 0 fully saturated rings. The minimum Gasteiger partial charge on any atom is -0.455 e. The number of aromatic nitrogens is 2. The summed E-state index contributed by atoms with van der Waals surface area (Å²) in [5.41, 5.74) is 12.0. The van der Waals surface area contributed by atoms with Crippen molar-refractivity contribution in [2.24, 2.45) is 0 Å². The van der Waals surface area contributed by atoms with Crippen LogP contribution < -0.4 is 9.47 Å². The highest BCUT2D eigenvalue weighted by molar-refractivity contribution is 9.10. The third-order valence-electron chi connectivity index (χ3n) is 13.5. The number of benzene rings is 8. The van der Waals surface area contributed by atoms with E-state index in [-0.39, 0.29) is 53.8 Å². The highest BCUT2D eigenvalue weighted by atomic mass is 79.9. The van der Waals surface area contributed by atoms with Crippen LogP contribution in [0, 0.1) is 0 Å². The first-order chi connectivity index (χ1) is 33.6. The molecule has 0 saturated carbocycles. The molecule has 0 saturated heterocycles. The second-order valence-corrected chi connectivity index (χ2v) is 26.1. The van der Waals surface area contributed by atoms with Gasteiger partial charge in [-0.1, -0.05) is 193 Å². The third-order valence-corrected chi connectivity index (χ3v) is 16.2. The Morgan fingerprint density at radius 3 is 1.17 bits per heavy atom. The van der Waals surface area contributed by atoms with Crippen molar-refractivity contribution in [2.75, 3.05) is 0 Å². The molecule has 0 aliphatic carbocycles. The molecule has 10 aromatic rings. The smallest absolute Gasteiger partial charge is 0.143 e. The molecule has 1 atom stereocenters. The van der Waals surface area contributed by atoms with Gasteiger partial charge in [0, 0.05) is 48.8 Å². The van der Waals surface area contributed by atoms with Crippen molar-refractivity contribution >= 4 is 93.0 Å². The largest absolute Gasteiger partial charge is 0.455 e. The third kappa shape index (κ3) is 12.1. The van der Waals surface area contributed by atoms with E-state index in [4.69, 9.17) is 9.47 Å². The maximum atomic E-state index is 6.33. The number of nitrogens with one attached hydrogen (secondary N) is 1. The molecule has 2 aromatic heterocycles. The van der Waals surface area contributed by atoms with Gasteiger partial charge in [0.15, 0.2) is 0 Å². The van der Waals surface area contributed by atoms with Gasteiger partial charge in [-0.05, 0) is 147 Å². The second kappa shape index (κ2) is 22.3. The normalized spacial score (nSPS) is 12.5. The van der Waals surface area contributed by atoms with E-state index in [1.54, 1.807) is 23.5 Å². The molecule has 12 rings (SSSR count). The molecule has 75 heavy (non-hydrogen) atoms. The van der Waals surface area contributed by atoms with Gasteiger partial charge in [-0.25, -0.2) is 0 Å². The number of para-hydroxylation sites is 2. The van der Waals surface area contributed by atoms with E-state index < -0.39 is 0 Å². The number of aromatic amines is 1. The SMILES string of the molecule is Brc1ccc2c(c1)Oc1ccccc1S2.C.C.C.CC(C)(C)c1ccc2[nH]c3ccc(C(C)(C)C)cc3c2c1.CC(C)(C)c1ccc2c(c1)c1cc(C(C)(C)C)ccc1n2-c1ccc2c(c1)Oc1ccccc1S2.P. The molecule has 8 aromatic carbocycles. The lowest BCUT2D eigenvalue weighted by atomic mass is 9.85. The van der Waals surface area contributed by atoms with Crippen LogP contribution in [0.2, 0.25) is 0 Å². The maximum Gasteiger partial charge on any atom is 0.143 e. The molecule has 4 nitrogen and oxygen atoms in total. The molecule has 0 spiro atoms. The van der Waals surface area contributed by atoms with E-state index in [1.165, 1.54) is 70.8 Å². The summed E-state index contributed by atoms with van der Waals surface area (Å²) in [6.45, 7) is 27.3. The predicted molar refractivity (Wildman–Crippen MR) is 338 cm³/mol. The Morgan fingerprint density at radius 1 is 0.387 bits per heavy atom. The zero-order valence-electron chi connectivity index (χ0n) is 43.7. The number of halogens is 1. The first-order valence-corrected chi connectivity index (χ1v) is 27.0. The van der Waals surface area contributed by atoms with Crippen molar-refractivity contribution in [1.82, 2.24) is 9.55 Å². The van der Waals surface area contributed by atoms with Crippen molar-refractivity contribution in [2.45, 2.75) is 147 Å². The van der Waals surface area contributed by atoms with Crippen molar-refractivity contribution in [3.05, 3.63) is 184 Å². The van der Waals surface area contributed by atoms with Gasteiger partial charge in [0.1, 0.15) is 23.0 Å². The van der Waals surface area contributed by atoms with Gasteiger partial charge in [-0.2, -0.15) is 9.90 Å². The molecule has 8 heteroatoms. The molecule has 2 aliphatic rings. The summed E-state index contributed by atoms with van der Waals surface area (Å²) in [5, 5.41) is 5.28. The number of hydrogen-bond acceptors (Lipinski definition) is 4. The number of hydrogen-bond donors (Lipinski definition) is 1. The van der Waals surface area contributed by atoms with Gasteiger partial charge in [0.2, 0.25) is 0 Å². The van der Waals surface area contributed by atoms with Gasteiger partial charge >= 0.3 is 0 Å². The molecule has 0 bridgehead atoms. The molecule has 392 valence electrons. The summed E-state index contributed by atoms with van der Waals surface area (Å²) in [6, 6.07) is 56.5. The van der Waals surface area contributed by atoms with Gasteiger partial charge in [0.25, 0.3) is 0 Å². The molecular formula is C67H78BrN2O2PS2. The fraction of sp³-hybridized carbons (Fsp3) is 0.284. The Kier molecular flexibility index (Phi) is 17.5. The first-order valence-electron chi connectivity index (χ1n) is 24.6. The average molecular weight is 1120 g/mol. The van der Waals surface area contributed by atoms with Crippen LogP contribution in [0.1, 0.15) is 128 Å². The van der Waals surface area contributed by atoms with Crippen molar-refractivity contribution in [3.8, 4) is 28.7 Å². The van der Waals surface area contributed by atoms with E-state index in [0.29, 0.717) is 0 Å². The Morgan fingerprint density at radius 2 is 0.747 bits per heavy atom. The highest BCUT2D eigenvalue weighted by Gasteiger charge is 2.24. The molecular weight excluding hydrogens is 1040 g/mol. The average Bonchev–Trinajstić information content (AvgIpc) is 3.86. The Balaban J connectivity index is 0.000000195. The maximum absolute atomic E-state index is 6.33. The Labute approximate surface area is 468 Å². The lowest BCUT2D eigenvalue weighted by Crippen LogP contribution is -2.10. The zero-order chi connectivity index (χ0) is 50.2. The highest BCUT2D eigenvalue weighted by Crippen LogP contribution is 2.49. The second-order valence-electron chi connectivity index (χ2n) is 23.0. The van der Waals surface area contributed by atoms with Gasteiger partial charge in [-0.15, -0.1) is 0 Å². The van der Waals surface area contributed by atoms with E-state index >= 15 is 0 Å². The number of ether oxygens (including phenoxy) is 2. The standard InChI is InChI=1S/C32H31NOS.C20H25N.C12H7BrOS.3CH4.H3P/c1-31(2,3)20-11-14-25-23(17-20)24-18-21(32(4,5)6)12-15-26(24)33(25)22-13-16-30-28(19-22)34-27-9-7-8-10-29(27)35-30;1-19(2,3)13-7-9-17-15(11-13)16-12-14(20(4,5)6)8-10-18(16)21-17;13-8-5-6-12-10(7-8)14-9-3-1-2-4-11(9)15-12;;;;/h7-19H,1-6H3;7-12,21H,1-6H3;1-7H;3*1H4;1H3. The van der Waals surface area contributed by atoms with Crippen LogP contribution in [-0.4, -0.2) is 9.55 Å². The number of H-pyrrole nitrogens is 1. The van der Waals surface area contributed by atoms with Crippen LogP contribution in [0.4, 0.5) is 0 Å². The van der Waals surface area contributed by atoms with E-state index in [0.717, 1.165) is 47.8 Å². The summed E-state index contributed by atoms with van der Waals surface area (Å²) < 4.78 is 15.6. The van der Waals surface area contributed by atoms with Crippen LogP contribution in [-0.2, 0) is 21.7 Å². The number of fused-ring (bicyclic) bond motifs is 10. The van der Waals surface area contributed by atoms with Gasteiger partial charge in [0.05, 0.1) is 30.6 Å². The summed E-state index contributed by atoms with van der Waals surface area (Å²) in [6.07, 6.45) is 0. The monoisotopic (exact) mass is 1120 g/mol. The molecule has 1 unspecified atom stereocenters. The Hall–Kier alpha value is -5.43. The van der Waals surface area contributed by atoms with Crippen LogP contribution in [0.25, 0.3) is 49.3 Å². The number of nitrogens with zero attached hydrogens (tertiary/aromatic N) is 1. The van der Waals surface area contributed by atoms with Crippen LogP contribution >= 0.6 is 49.4 Å². The van der Waals surface area contributed by atoms with Crippen molar-refractivity contribution < 1.29 is 9.47 Å². The van der Waals surface area contributed by atoms with E-state index in [9.17, 15) is 0 Å². The summed E-state index contributed by atoms with van der Waals surface area (Å²) >= 11 is 6.96. The molecule has 2 aliphatic heterocycles. The van der Waals surface area contributed by atoms with Crippen LogP contribution in [0.15, 0.2) is 182 Å². The Bertz CT molecular complexity index is 3530. The summed E-state index contributed by atoms with van der Waals surface area (Å²) in [4.78, 5) is 8.18. The van der Waals surface area contributed by atoms with Crippen LogP contribution in [0.3, 0.4) is 0 Å². The fourth-order valence-corrected chi connectivity index (χ4v) is 11.4. The summed E-state index contributed by atoms with van der Waals surface area (Å²) in [7, 11) is 0. The van der Waals surface area contributed by atoms with Crippen molar-refractivity contribution in [3.63, 3.8) is 0 Å². The van der Waals surface area contributed by atoms with Crippen LogP contribution in [0.5, 0.6) is 23.0 Å². The van der Waals surface area contributed by atoms with E-state index in [2.05, 4.69) is 224 Å². The van der Waals surface area contributed by atoms with Gasteiger partial charge < -0.3 is 19.0 Å². The lowest BCUT2D eigenvalue weighted by molar-refractivity contribution is 0.454. The molecule has 0 amide bonds. The summed E-state index contributed by atoms with van der Waals surface area (Å²) in [5.74, 6) is 3.70. The van der Waals surface area contributed by atoms with Crippen molar-refractivity contribution in [1.29, 1.82) is 0 Å². The quantitative estimate of drug-likeness (QED) is 0.166. The minimum atomic E-state index is 0. The minimum absolute atomic E-state index is 0. The molecule has 1 N–H and O–H groups in total.